The molecule has 0 amide bonds. The molecule has 7 heteroatoms. The highest BCUT2D eigenvalue weighted by Gasteiger charge is 2.08. The molecule has 0 radical (unpaired) electrons. The Kier molecular flexibility index (Phi) is 4.58. The molecule has 0 aliphatic carbocycles. The molecule has 0 N–H and O–H groups in total. The highest BCUT2D eigenvalue weighted by Crippen LogP contribution is 2.28. The lowest BCUT2D eigenvalue weighted by atomic mass is 10.4. The van der Waals surface area contributed by atoms with Crippen LogP contribution < -0.4 is 4.74 Å². The topological polar surface area (TPSA) is 61.3 Å². The van der Waals surface area contributed by atoms with E-state index >= 15 is 0 Å². The Labute approximate surface area is 96.3 Å². The summed E-state index contributed by atoms with van der Waals surface area (Å²) in [4.78, 5) is 10.8. The van der Waals surface area contributed by atoms with E-state index in [0.29, 0.717) is 5.75 Å². The predicted octanol–water partition coefficient (Wildman–Crippen LogP) is 1.73. The molecule has 1 aromatic rings. The maximum absolute atomic E-state index is 10.8. The van der Waals surface area contributed by atoms with E-state index in [1.807, 2.05) is 0 Å². The number of carbonyl (C=O) groups is 1. The molecule has 0 bridgehead atoms. The second-order valence-electron chi connectivity index (χ2n) is 2.49. The molecule has 0 saturated heterocycles. The van der Waals surface area contributed by atoms with Crippen LogP contribution in [0.4, 0.5) is 0 Å². The second kappa shape index (κ2) is 5.72. The van der Waals surface area contributed by atoms with Gasteiger partial charge in [-0.1, -0.05) is 23.2 Å². The van der Waals surface area contributed by atoms with Gasteiger partial charge in [0.05, 0.1) is 26.3 Å². The summed E-state index contributed by atoms with van der Waals surface area (Å²) >= 11 is 11.4. The van der Waals surface area contributed by atoms with Gasteiger partial charge in [-0.05, 0) is 0 Å². The Bertz CT molecular complexity index is 360. The summed E-state index contributed by atoms with van der Waals surface area (Å²) < 4.78 is 9.61. The molecule has 0 aliphatic rings. The van der Waals surface area contributed by atoms with Gasteiger partial charge in [-0.2, -0.15) is 5.10 Å². The van der Waals surface area contributed by atoms with E-state index in [9.17, 15) is 4.79 Å². The molecule has 0 atom stereocenters. The maximum Gasteiger partial charge on any atom is 0.308 e. The van der Waals surface area contributed by atoms with Crippen molar-refractivity contribution < 1.29 is 14.3 Å². The van der Waals surface area contributed by atoms with Crippen molar-refractivity contribution in [1.82, 2.24) is 10.2 Å². The summed E-state index contributed by atoms with van der Waals surface area (Å²) in [5.41, 5.74) is 0. The average Bonchev–Trinajstić information content (AvgIpc) is 2.24. The zero-order chi connectivity index (χ0) is 11.3. The van der Waals surface area contributed by atoms with Crippen molar-refractivity contribution in [1.29, 1.82) is 0 Å². The first-order valence-electron chi connectivity index (χ1n) is 4.01. The first kappa shape index (κ1) is 12.0. The van der Waals surface area contributed by atoms with Crippen LogP contribution in [0.3, 0.4) is 0 Å². The zero-order valence-electron chi connectivity index (χ0n) is 7.87. The van der Waals surface area contributed by atoms with E-state index in [-0.39, 0.29) is 29.2 Å². The van der Waals surface area contributed by atoms with Gasteiger partial charge < -0.3 is 9.47 Å². The smallest absolute Gasteiger partial charge is 0.308 e. The van der Waals surface area contributed by atoms with Gasteiger partial charge in [-0.3, -0.25) is 4.79 Å². The summed E-state index contributed by atoms with van der Waals surface area (Å²) in [7, 11) is 1.31. The predicted molar refractivity (Wildman–Crippen MR) is 54.2 cm³/mol. The minimum Gasteiger partial charge on any atom is -0.490 e. The number of hydrogen-bond donors (Lipinski definition) is 0. The fourth-order valence-corrected chi connectivity index (χ4v) is 1.06. The molecular formula is C8H8Cl2N2O3. The van der Waals surface area contributed by atoms with Crippen molar-refractivity contribution in [3.05, 3.63) is 16.4 Å². The lowest BCUT2D eigenvalue weighted by Gasteiger charge is -2.06. The van der Waals surface area contributed by atoms with Crippen molar-refractivity contribution in [2.75, 3.05) is 13.7 Å². The quantitative estimate of drug-likeness (QED) is 0.762. The molecule has 0 fully saturated rings. The van der Waals surface area contributed by atoms with E-state index in [1.165, 1.54) is 13.3 Å². The molecule has 5 nitrogen and oxygen atoms in total. The number of halogens is 2. The molecule has 1 rings (SSSR count). The summed E-state index contributed by atoms with van der Waals surface area (Å²) in [6, 6.07) is 0. The molecule has 1 heterocycles. The van der Waals surface area contributed by atoms with E-state index in [4.69, 9.17) is 27.9 Å². The fraction of sp³-hybridized carbons (Fsp3) is 0.375. The van der Waals surface area contributed by atoms with E-state index in [2.05, 4.69) is 14.9 Å². The normalized spacial score (nSPS) is 9.80. The van der Waals surface area contributed by atoms with Crippen LogP contribution in [-0.2, 0) is 9.53 Å². The van der Waals surface area contributed by atoms with Gasteiger partial charge in [0.25, 0.3) is 0 Å². The number of rotatable bonds is 4. The van der Waals surface area contributed by atoms with Crippen LogP contribution >= 0.6 is 23.2 Å². The van der Waals surface area contributed by atoms with Gasteiger partial charge >= 0.3 is 5.97 Å². The highest BCUT2D eigenvalue weighted by atomic mass is 35.5. The lowest BCUT2D eigenvalue weighted by Crippen LogP contribution is -2.08. The number of carbonyl (C=O) groups excluding carboxylic acids is 1. The van der Waals surface area contributed by atoms with Crippen LogP contribution in [0.15, 0.2) is 6.20 Å². The standard InChI is InChI=1S/C8H8Cl2N2O3/c1-14-6(13)2-3-15-5-4-11-12-8(10)7(5)9/h4H,2-3H2,1H3. The Morgan fingerprint density at radius 1 is 1.53 bits per heavy atom. The van der Waals surface area contributed by atoms with Crippen LogP contribution in [0.2, 0.25) is 10.2 Å². The van der Waals surface area contributed by atoms with Crippen LogP contribution in [-0.4, -0.2) is 29.9 Å². The molecule has 1 aromatic heterocycles. The third kappa shape index (κ3) is 3.53. The highest BCUT2D eigenvalue weighted by molar-refractivity contribution is 6.42. The van der Waals surface area contributed by atoms with Crippen molar-refractivity contribution in [3.63, 3.8) is 0 Å². The number of methoxy groups -OCH3 is 1. The van der Waals surface area contributed by atoms with E-state index in [1.54, 1.807) is 0 Å². The van der Waals surface area contributed by atoms with Gasteiger partial charge in [0, 0.05) is 0 Å². The largest absolute Gasteiger partial charge is 0.490 e. The number of esters is 1. The Morgan fingerprint density at radius 3 is 2.93 bits per heavy atom. The number of nitrogens with zero attached hydrogens (tertiary/aromatic N) is 2. The first-order valence-corrected chi connectivity index (χ1v) is 4.77. The maximum atomic E-state index is 10.8. The monoisotopic (exact) mass is 250 g/mol. The number of ether oxygens (including phenoxy) is 2. The Hall–Kier alpha value is -1.07. The van der Waals surface area contributed by atoms with Gasteiger partial charge in [-0.15, -0.1) is 5.10 Å². The lowest BCUT2D eigenvalue weighted by molar-refractivity contribution is -0.141. The van der Waals surface area contributed by atoms with Crippen molar-refractivity contribution in [2.24, 2.45) is 0 Å². The molecule has 0 aliphatic heterocycles. The molecular weight excluding hydrogens is 243 g/mol. The second-order valence-corrected chi connectivity index (χ2v) is 3.22. The van der Waals surface area contributed by atoms with Gasteiger partial charge in [0.1, 0.15) is 5.02 Å². The molecule has 0 aromatic carbocycles. The van der Waals surface area contributed by atoms with Crippen molar-refractivity contribution in [2.45, 2.75) is 6.42 Å². The van der Waals surface area contributed by atoms with Crippen LogP contribution in [0.1, 0.15) is 6.42 Å². The molecule has 0 unspecified atom stereocenters. The third-order valence-corrected chi connectivity index (χ3v) is 2.24. The summed E-state index contributed by atoms with van der Waals surface area (Å²) in [5, 5.41) is 7.31. The SMILES string of the molecule is COC(=O)CCOc1cnnc(Cl)c1Cl. The summed E-state index contributed by atoms with van der Waals surface area (Å²) in [6.07, 6.45) is 1.46. The Morgan fingerprint density at radius 2 is 2.27 bits per heavy atom. The molecule has 0 saturated carbocycles. The van der Waals surface area contributed by atoms with Crippen LogP contribution in [0, 0.1) is 0 Å². The number of hydrogen-bond acceptors (Lipinski definition) is 5. The first-order chi connectivity index (χ1) is 7.15. The minimum atomic E-state index is -0.362. The van der Waals surface area contributed by atoms with Crippen LogP contribution in [0.5, 0.6) is 5.75 Å². The van der Waals surface area contributed by atoms with E-state index < -0.39 is 0 Å². The van der Waals surface area contributed by atoms with Gasteiger partial charge in [0.2, 0.25) is 0 Å². The number of aromatic nitrogens is 2. The van der Waals surface area contributed by atoms with Gasteiger partial charge in [-0.25, -0.2) is 0 Å². The van der Waals surface area contributed by atoms with Crippen molar-refractivity contribution in [3.8, 4) is 5.75 Å². The minimum absolute atomic E-state index is 0.0623. The summed E-state index contributed by atoms with van der Waals surface area (Å²) in [6.45, 7) is 0.147. The fourth-order valence-electron chi connectivity index (χ4n) is 0.781. The Balaban J connectivity index is 2.51. The molecule has 15 heavy (non-hydrogen) atoms. The van der Waals surface area contributed by atoms with Crippen molar-refractivity contribution >= 4 is 29.2 Å². The third-order valence-electron chi connectivity index (χ3n) is 1.51. The van der Waals surface area contributed by atoms with E-state index in [0.717, 1.165) is 0 Å². The zero-order valence-corrected chi connectivity index (χ0v) is 9.38. The van der Waals surface area contributed by atoms with Crippen LogP contribution in [0.25, 0.3) is 0 Å². The molecule has 0 spiro atoms. The summed E-state index contributed by atoms with van der Waals surface area (Å²) in [5.74, 6) is -0.0696. The average molecular weight is 251 g/mol. The van der Waals surface area contributed by atoms with Gasteiger partial charge in [0.15, 0.2) is 10.9 Å². The molecule has 82 valence electrons.